The van der Waals surface area contributed by atoms with Gasteiger partial charge >= 0.3 is 17.9 Å². The summed E-state index contributed by atoms with van der Waals surface area (Å²) in [6, 6.07) is 16.2. The molecule has 55 heavy (non-hydrogen) atoms. The zero-order valence-electron chi connectivity index (χ0n) is 32.2. The summed E-state index contributed by atoms with van der Waals surface area (Å²) in [5, 5.41) is 40.5. The summed E-state index contributed by atoms with van der Waals surface area (Å²) in [6.07, 6.45) is -7.46. The van der Waals surface area contributed by atoms with E-state index in [4.69, 9.17) is 18.9 Å². The predicted octanol–water partition coefficient (Wildman–Crippen LogP) is 3.39. The lowest BCUT2D eigenvalue weighted by Gasteiger charge is -2.68. The number of aliphatic hydroxyl groups is 3. The summed E-state index contributed by atoms with van der Waals surface area (Å²) < 4.78 is 23.9. The van der Waals surface area contributed by atoms with Crippen molar-refractivity contribution in [3.05, 3.63) is 82.9 Å². The lowest BCUT2D eigenvalue weighted by Crippen LogP contribution is -2.79. The fourth-order valence-corrected chi connectivity index (χ4v) is 9.98. The third-order valence-corrected chi connectivity index (χ3v) is 12.8. The third-order valence-electron chi connectivity index (χ3n) is 12.8. The maximum absolute atomic E-state index is 15.0. The van der Waals surface area contributed by atoms with Crippen LogP contribution in [0.3, 0.4) is 0 Å². The second kappa shape index (κ2) is 14.6. The maximum Gasteiger partial charge on any atom is 0.350 e. The minimum atomic E-state index is -1.97. The van der Waals surface area contributed by atoms with E-state index < -0.39 is 100 Å². The molecule has 11 atom stereocenters. The Bertz CT molecular complexity index is 1880. The van der Waals surface area contributed by atoms with E-state index in [9.17, 15) is 34.5 Å². The van der Waals surface area contributed by atoms with E-state index in [1.54, 1.807) is 95.3 Å². The molecule has 1 amide bonds. The zero-order chi connectivity index (χ0) is 40.2. The van der Waals surface area contributed by atoms with Gasteiger partial charge in [0.15, 0.2) is 11.4 Å². The SMILES string of the molecule is CCC(=O)O[C@@H](C(=O)O[C@H]1C[C@@]2(O)[C@@H](c3ccccc3)C3C(C)(C(=O)[C@H](O)C(=C1C)C2(C)C)[C@@H](O)CC1OC[C@]13OC(C)=O)[C@@H](NC(C)=O)c1ccccc1. The van der Waals surface area contributed by atoms with E-state index in [0.29, 0.717) is 16.7 Å². The number of ether oxygens (including phenoxy) is 4. The molecule has 0 spiro atoms. The quantitative estimate of drug-likeness (QED) is 0.166. The smallest absolute Gasteiger partial charge is 0.350 e. The van der Waals surface area contributed by atoms with Crippen LogP contribution in [0.25, 0.3) is 0 Å². The molecule has 0 radical (unpaired) electrons. The molecular weight excluding hydrogens is 710 g/mol. The van der Waals surface area contributed by atoms with E-state index in [0.717, 1.165) is 0 Å². The van der Waals surface area contributed by atoms with Gasteiger partial charge in [0.05, 0.1) is 23.7 Å². The number of rotatable bonds is 9. The van der Waals surface area contributed by atoms with Crippen LogP contribution in [0, 0.1) is 16.7 Å². The number of aliphatic hydroxyl groups excluding tert-OH is 2. The summed E-state index contributed by atoms with van der Waals surface area (Å²) in [6.45, 7) is 10.5. The number of Topliss-reactive ketones (excluding diaryl/α,β-unsaturated/α-hetero) is 1. The Labute approximate surface area is 320 Å². The lowest BCUT2D eigenvalue weighted by atomic mass is 9.41. The first-order valence-corrected chi connectivity index (χ1v) is 18.8. The Kier molecular flexibility index (Phi) is 10.7. The topological polar surface area (TPSA) is 195 Å². The Hall–Kier alpha value is -4.43. The van der Waals surface area contributed by atoms with Gasteiger partial charge in [-0.15, -0.1) is 0 Å². The van der Waals surface area contributed by atoms with Crippen molar-refractivity contribution in [3.8, 4) is 0 Å². The molecule has 3 fully saturated rings. The molecule has 1 saturated heterocycles. The molecular formula is C42H51NO12. The standard InChI is InChI=1S/C42H51NO12/c1-8-30(47)54-35(33(43-23(3)44)26-17-13-10-14-18-26)38(50)53-27-20-42(51)32(25-15-11-9-12-16-25)36-40(7,37(49)34(48)31(22(27)2)39(42,5)6)28(46)19-29-41(36,21-52-29)55-24(4)45/h9-18,27-29,32-36,46,48,51H,8,19-21H2,1-7H3,(H,43,44)/t27-,28-,29?,32-,33-,34+,35+,36?,40?,41-,42+/m0/s1. The molecule has 6 rings (SSSR count). The summed E-state index contributed by atoms with van der Waals surface area (Å²) in [7, 11) is 0. The fourth-order valence-electron chi connectivity index (χ4n) is 9.98. The van der Waals surface area contributed by atoms with E-state index in [1.165, 1.54) is 13.8 Å². The number of fused-ring (bicyclic) bond motifs is 5. The van der Waals surface area contributed by atoms with E-state index in [-0.39, 0.29) is 31.4 Å². The summed E-state index contributed by atoms with van der Waals surface area (Å²) in [4.78, 5) is 67.6. The Morgan fingerprint density at radius 2 is 1.60 bits per heavy atom. The second-order valence-corrected chi connectivity index (χ2v) is 16.1. The fraction of sp³-hybridized carbons (Fsp3) is 0.548. The highest BCUT2D eigenvalue weighted by molar-refractivity contribution is 5.93. The van der Waals surface area contributed by atoms with Gasteiger partial charge in [0.25, 0.3) is 0 Å². The molecule has 0 aromatic heterocycles. The molecule has 13 nitrogen and oxygen atoms in total. The van der Waals surface area contributed by atoms with Crippen LogP contribution < -0.4 is 5.32 Å². The summed E-state index contributed by atoms with van der Waals surface area (Å²) >= 11 is 0. The van der Waals surface area contributed by atoms with Gasteiger partial charge in [-0.3, -0.25) is 19.2 Å². The molecule has 4 aliphatic rings. The molecule has 3 unspecified atom stereocenters. The number of carbonyl (C=O) groups is 5. The van der Waals surface area contributed by atoms with Crippen LogP contribution in [-0.4, -0.2) is 93.2 Å². The van der Waals surface area contributed by atoms with Crippen LogP contribution >= 0.6 is 0 Å². The maximum atomic E-state index is 15.0. The van der Waals surface area contributed by atoms with Gasteiger partial charge in [0, 0.05) is 50.4 Å². The number of hydrogen-bond donors (Lipinski definition) is 4. The molecule has 2 saturated carbocycles. The lowest BCUT2D eigenvalue weighted by molar-refractivity contribution is -0.332. The highest BCUT2D eigenvalue weighted by Crippen LogP contribution is 2.67. The van der Waals surface area contributed by atoms with Crippen LogP contribution in [0.15, 0.2) is 71.8 Å². The number of carbonyl (C=O) groups excluding carboxylic acids is 5. The Morgan fingerprint density at radius 3 is 2.15 bits per heavy atom. The normalized spacial score (nSPS) is 34.6. The largest absolute Gasteiger partial charge is 0.455 e. The Morgan fingerprint density at radius 1 is 0.982 bits per heavy atom. The minimum absolute atomic E-state index is 0.0604. The average Bonchev–Trinajstić information content (AvgIpc) is 3.13. The van der Waals surface area contributed by atoms with Crippen molar-refractivity contribution in [3.63, 3.8) is 0 Å². The number of ketones is 1. The molecule has 13 heteroatoms. The highest BCUT2D eigenvalue weighted by atomic mass is 16.6. The van der Waals surface area contributed by atoms with Crippen molar-refractivity contribution in [2.45, 2.75) is 121 Å². The van der Waals surface area contributed by atoms with Crippen LogP contribution in [0.5, 0.6) is 0 Å². The van der Waals surface area contributed by atoms with Crippen molar-refractivity contribution in [2.24, 2.45) is 16.7 Å². The molecule has 2 aromatic rings. The summed E-state index contributed by atoms with van der Waals surface area (Å²) in [5.74, 6) is -5.89. The van der Waals surface area contributed by atoms with Crippen LogP contribution in [0.2, 0.25) is 0 Å². The molecule has 296 valence electrons. The number of amides is 1. The first-order valence-electron chi connectivity index (χ1n) is 18.8. The predicted molar refractivity (Wildman–Crippen MR) is 196 cm³/mol. The van der Waals surface area contributed by atoms with Crippen molar-refractivity contribution in [1.82, 2.24) is 5.32 Å². The van der Waals surface area contributed by atoms with Crippen molar-refractivity contribution in [1.29, 1.82) is 0 Å². The van der Waals surface area contributed by atoms with Crippen LogP contribution in [0.1, 0.15) is 90.8 Å². The van der Waals surface area contributed by atoms with Gasteiger partial charge in [-0.25, -0.2) is 4.79 Å². The van der Waals surface area contributed by atoms with Gasteiger partial charge in [-0.1, -0.05) is 81.4 Å². The first kappa shape index (κ1) is 40.2. The van der Waals surface area contributed by atoms with Gasteiger partial charge in [-0.2, -0.15) is 0 Å². The van der Waals surface area contributed by atoms with Gasteiger partial charge in [-0.05, 0) is 36.1 Å². The van der Waals surface area contributed by atoms with Gasteiger partial charge in [0.2, 0.25) is 12.0 Å². The molecule has 1 aliphatic heterocycles. The van der Waals surface area contributed by atoms with E-state index >= 15 is 4.79 Å². The van der Waals surface area contributed by atoms with E-state index in [2.05, 4.69) is 5.32 Å². The van der Waals surface area contributed by atoms with Crippen molar-refractivity contribution < 1.29 is 58.2 Å². The number of nitrogens with one attached hydrogen (secondary N) is 1. The number of esters is 3. The molecule has 1 heterocycles. The average molecular weight is 762 g/mol. The van der Waals surface area contributed by atoms with Gasteiger partial charge < -0.3 is 39.6 Å². The van der Waals surface area contributed by atoms with Crippen LogP contribution in [-0.2, 0) is 42.9 Å². The molecule has 2 aromatic carbocycles. The highest BCUT2D eigenvalue weighted by Gasteiger charge is 2.76. The monoisotopic (exact) mass is 761 g/mol. The van der Waals surface area contributed by atoms with Gasteiger partial charge in [0.1, 0.15) is 24.4 Å². The second-order valence-electron chi connectivity index (χ2n) is 16.1. The third kappa shape index (κ3) is 6.38. The molecule has 4 N–H and O–H groups in total. The molecule has 2 bridgehead atoms. The van der Waals surface area contributed by atoms with E-state index in [1.807, 2.05) is 0 Å². The number of hydrogen-bond acceptors (Lipinski definition) is 12. The first-order chi connectivity index (χ1) is 25.8. The summed E-state index contributed by atoms with van der Waals surface area (Å²) in [5.41, 5.74) is -5.21. The number of benzene rings is 2. The van der Waals surface area contributed by atoms with Crippen molar-refractivity contribution >= 4 is 29.6 Å². The van der Waals surface area contributed by atoms with Crippen molar-refractivity contribution in [2.75, 3.05) is 6.61 Å². The molecule has 3 aliphatic carbocycles. The minimum Gasteiger partial charge on any atom is -0.455 e. The Balaban J connectivity index is 1.55. The zero-order valence-corrected chi connectivity index (χ0v) is 32.2. The van der Waals surface area contributed by atoms with Crippen LogP contribution in [0.4, 0.5) is 0 Å².